The molecule has 0 amide bonds. The van der Waals surface area contributed by atoms with E-state index in [-0.39, 0.29) is 22.5 Å². The van der Waals surface area contributed by atoms with Gasteiger partial charge in [-0.05, 0) is 76.8 Å². The fourth-order valence-electron chi connectivity index (χ4n) is 5.47. The molecule has 0 spiro atoms. The molecule has 1 fully saturated rings. The van der Waals surface area contributed by atoms with Crippen LogP contribution in [0.1, 0.15) is 71.9 Å². The average Bonchev–Trinajstić information content (AvgIpc) is 3.03. The summed E-state index contributed by atoms with van der Waals surface area (Å²) in [4.78, 5) is 6.68. The van der Waals surface area contributed by atoms with Crippen molar-refractivity contribution in [1.29, 1.82) is 5.26 Å². The molecular weight excluding hydrogens is 408 g/mol. The molecule has 5 nitrogen and oxygen atoms in total. The van der Waals surface area contributed by atoms with Gasteiger partial charge in [0.1, 0.15) is 0 Å². The summed E-state index contributed by atoms with van der Waals surface area (Å²) in [6.45, 7) is 14.1. The highest BCUT2D eigenvalue weighted by atomic mass is 16.7. The Bertz CT molecular complexity index is 1030. The lowest BCUT2D eigenvalue weighted by Gasteiger charge is -2.52. The van der Waals surface area contributed by atoms with Crippen LogP contribution in [0.3, 0.4) is 0 Å². The quantitative estimate of drug-likeness (QED) is 0.555. The lowest BCUT2D eigenvalue weighted by atomic mass is 9.78. The summed E-state index contributed by atoms with van der Waals surface area (Å²) < 4.78 is 0. The predicted molar refractivity (Wildman–Crippen MR) is 134 cm³/mol. The summed E-state index contributed by atoms with van der Waals surface area (Å²) in [5, 5.41) is 18.7. The smallest absolute Gasteiger partial charge is 0.0991 e. The number of hydroxylamine groups is 2. The largest absolute Gasteiger partial charge is 0.296 e. The molecule has 2 aliphatic rings. The maximum atomic E-state index is 9.23. The average molecular weight is 445 g/mol. The highest BCUT2D eigenvalue weighted by Gasteiger charge is 2.48. The van der Waals surface area contributed by atoms with E-state index < -0.39 is 0 Å². The maximum absolute atomic E-state index is 9.23. The Kier molecular flexibility index (Phi) is 6.11. The molecule has 1 saturated heterocycles. The lowest BCUT2D eigenvalue weighted by molar-refractivity contribution is -0.284. The van der Waals surface area contributed by atoms with Crippen molar-refractivity contribution in [3.63, 3.8) is 0 Å². The summed E-state index contributed by atoms with van der Waals surface area (Å²) in [6, 6.07) is 20.3. The van der Waals surface area contributed by atoms with Gasteiger partial charge in [0.15, 0.2) is 0 Å². The Morgan fingerprint density at radius 1 is 0.939 bits per heavy atom. The van der Waals surface area contributed by atoms with E-state index >= 15 is 0 Å². The standard InChI is InChI=1S/C28H36N4O/c1-26(2)17-10-18-27(3,4)32(26)33-20-24-28(5,6)25(22-11-8-7-9-12-22)30-31(24)23-15-13-21(19-29)14-16-23/h7-9,11-16,24H,10,17-18,20H2,1-6H3. The van der Waals surface area contributed by atoms with Gasteiger partial charge in [0, 0.05) is 16.5 Å². The predicted octanol–water partition coefficient (Wildman–Crippen LogP) is 6.15. The van der Waals surface area contributed by atoms with Gasteiger partial charge in [-0.3, -0.25) is 9.85 Å². The van der Waals surface area contributed by atoms with Crippen LogP contribution < -0.4 is 5.01 Å². The molecule has 2 aliphatic heterocycles. The summed E-state index contributed by atoms with van der Waals surface area (Å²) in [5.41, 5.74) is 3.52. The number of rotatable bonds is 5. The summed E-state index contributed by atoms with van der Waals surface area (Å²) in [6.07, 6.45) is 3.46. The second-order valence-electron chi connectivity index (χ2n) is 11.1. The first-order valence-corrected chi connectivity index (χ1v) is 11.9. The third kappa shape index (κ3) is 4.43. The number of nitriles is 1. The minimum absolute atomic E-state index is 0.00849. The number of piperidine rings is 1. The molecule has 0 aromatic heterocycles. The number of anilines is 1. The van der Waals surface area contributed by atoms with Crippen molar-refractivity contribution < 1.29 is 4.84 Å². The zero-order valence-electron chi connectivity index (χ0n) is 20.8. The molecule has 1 atom stereocenters. The van der Waals surface area contributed by atoms with Crippen LogP contribution in [0.2, 0.25) is 0 Å². The van der Waals surface area contributed by atoms with Gasteiger partial charge in [0.2, 0.25) is 0 Å². The van der Waals surface area contributed by atoms with Gasteiger partial charge in [0.05, 0.1) is 35.7 Å². The molecule has 5 heteroatoms. The van der Waals surface area contributed by atoms with Crippen molar-refractivity contribution in [2.75, 3.05) is 11.6 Å². The normalized spacial score (nSPS) is 23.7. The van der Waals surface area contributed by atoms with Gasteiger partial charge >= 0.3 is 0 Å². The summed E-state index contributed by atoms with van der Waals surface area (Å²) in [7, 11) is 0. The van der Waals surface area contributed by atoms with E-state index in [9.17, 15) is 5.26 Å². The number of nitrogens with zero attached hydrogens (tertiary/aromatic N) is 4. The van der Waals surface area contributed by atoms with Gasteiger partial charge in [-0.2, -0.15) is 15.4 Å². The van der Waals surface area contributed by atoms with Crippen LogP contribution in [-0.4, -0.2) is 34.5 Å². The van der Waals surface area contributed by atoms with Crippen molar-refractivity contribution in [1.82, 2.24) is 5.06 Å². The highest BCUT2D eigenvalue weighted by Crippen LogP contribution is 2.42. The van der Waals surface area contributed by atoms with E-state index in [1.54, 1.807) is 0 Å². The molecule has 2 aromatic rings. The van der Waals surface area contributed by atoms with E-state index in [0.717, 1.165) is 29.8 Å². The number of benzene rings is 2. The molecule has 1 unspecified atom stereocenters. The van der Waals surface area contributed by atoms with Crippen LogP contribution in [-0.2, 0) is 4.84 Å². The van der Waals surface area contributed by atoms with Crippen LogP contribution in [0.5, 0.6) is 0 Å². The van der Waals surface area contributed by atoms with Crippen molar-refractivity contribution in [2.24, 2.45) is 10.5 Å². The fourth-order valence-corrected chi connectivity index (χ4v) is 5.47. The first-order valence-electron chi connectivity index (χ1n) is 11.9. The molecule has 33 heavy (non-hydrogen) atoms. The van der Waals surface area contributed by atoms with Crippen molar-refractivity contribution in [3.05, 3.63) is 65.7 Å². The first-order chi connectivity index (χ1) is 15.6. The molecule has 2 aromatic carbocycles. The van der Waals surface area contributed by atoms with Crippen LogP contribution in [0.25, 0.3) is 0 Å². The van der Waals surface area contributed by atoms with Gasteiger partial charge in [-0.25, -0.2) is 0 Å². The molecule has 4 rings (SSSR count). The maximum Gasteiger partial charge on any atom is 0.0991 e. The van der Waals surface area contributed by atoms with E-state index in [1.807, 2.05) is 30.3 Å². The Morgan fingerprint density at radius 3 is 2.12 bits per heavy atom. The zero-order valence-corrected chi connectivity index (χ0v) is 20.8. The highest BCUT2D eigenvalue weighted by molar-refractivity contribution is 6.07. The third-order valence-electron chi connectivity index (χ3n) is 7.29. The molecule has 0 saturated carbocycles. The second kappa shape index (κ2) is 8.59. The van der Waals surface area contributed by atoms with Gasteiger partial charge in [-0.15, -0.1) is 0 Å². The molecule has 0 bridgehead atoms. The zero-order chi connectivity index (χ0) is 23.9. The Balaban J connectivity index is 1.68. The van der Waals surface area contributed by atoms with Gasteiger partial charge < -0.3 is 0 Å². The van der Waals surface area contributed by atoms with Gasteiger partial charge in [-0.1, -0.05) is 44.2 Å². The SMILES string of the molecule is CC1(C)C(c2ccccc2)=NN(c2ccc(C#N)cc2)C1CON1C(C)(C)CCCC1(C)C. The number of hydrazone groups is 1. The van der Waals surface area contributed by atoms with Crippen LogP contribution in [0.4, 0.5) is 5.69 Å². The third-order valence-corrected chi connectivity index (χ3v) is 7.29. The second-order valence-corrected chi connectivity index (χ2v) is 11.1. The molecule has 2 heterocycles. The number of hydrogen-bond acceptors (Lipinski definition) is 5. The minimum Gasteiger partial charge on any atom is -0.296 e. The molecular formula is C28H36N4O. The minimum atomic E-state index is -0.237. The van der Waals surface area contributed by atoms with Crippen molar-refractivity contribution in [2.45, 2.75) is 77.9 Å². The Hall–Kier alpha value is -2.68. The summed E-state index contributed by atoms with van der Waals surface area (Å²) in [5.74, 6) is 0. The van der Waals surface area contributed by atoms with Crippen LogP contribution in [0.15, 0.2) is 59.7 Å². The molecule has 0 N–H and O–H groups in total. The molecule has 174 valence electrons. The van der Waals surface area contributed by atoms with Crippen molar-refractivity contribution >= 4 is 11.4 Å². The van der Waals surface area contributed by atoms with E-state index in [2.05, 4.69) is 81.9 Å². The topological polar surface area (TPSA) is 51.9 Å². The first kappa shape index (κ1) is 23.5. The van der Waals surface area contributed by atoms with Crippen LogP contribution in [0, 0.1) is 16.7 Å². The van der Waals surface area contributed by atoms with Gasteiger partial charge in [0.25, 0.3) is 0 Å². The van der Waals surface area contributed by atoms with E-state index in [0.29, 0.717) is 12.2 Å². The van der Waals surface area contributed by atoms with Crippen LogP contribution >= 0.6 is 0 Å². The summed E-state index contributed by atoms with van der Waals surface area (Å²) >= 11 is 0. The number of hydrogen-bond donors (Lipinski definition) is 0. The fraction of sp³-hybridized carbons (Fsp3) is 0.500. The molecule has 0 aliphatic carbocycles. The monoisotopic (exact) mass is 444 g/mol. The Labute approximate surface area is 198 Å². The van der Waals surface area contributed by atoms with E-state index in [1.165, 1.54) is 6.42 Å². The van der Waals surface area contributed by atoms with E-state index in [4.69, 9.17) is 9.94 Å². The van der Waals surface area contributed by atoms with Crippen molar-refractivity contribution in [3.8, 4) is 6.07 Å². The molecule has 0 radical (unpaired) electrons. The Morgan fingerprint density at radius 2 is 1.55 bits per heavy atom. The lowest BCUT2D eigenvalue weighted by Crippen LogP contribution is -2.59.